The second-order valence-corrected chi connectivity index (χ2v) is 27.3. The van der Waals surface area contributed by atoms with Crippen molar-refractivity contribution in [2.45, 2.75) is 158 Å². The summed E-state index contributed by atoms with van der Waals surface area (Å²) >= 11 is 0. The molecule has 0 saturated carbocycles. The Balaban J connectivity index is 0.000000215. The average molecular weight is 1930 g/mol. The van der Waals surface area contributed by atoms with Gasteiger partial charge < -0.3 is 45.6 Å². The number of rotatable bonds is 12. The van der Waals surface area contributed by atoms with Crippen molar-refractivity contribution >= 4 is 32.3 Å². The largest absolute Gasteiger partial charge is 0.393 e. The maximum Gasteiger partial charge on any atom is 0.0539 e. The summed E-state index contributed by atoms with van der Waals surface area (Å²) in [4.78, 5) is 27.3. The van der Waals surface area contributed by atoms with Crippen LogP contribution in [0.1, 0.15) is 120 Å². The van der Waals surface area contributed by atoms with Crippen LogP contribution in [0.3, 0.4) is 0 Å². The number of hydrogen-bond donors (Lipinski definition) is 6. The fourth-order valence-corrected chi connectivity index (χ4v) is 12.8. The summed E-state index contributed by atoms with van der Waals surface area (Å²) in [6, 6.07) is 78.9. The molecule has 0 saturated heterocycles. The van der Waals surface area contributed by atoms with Crippen LogP contribution in [0.2, 0.25) is 0 Å². The van der Waals surface area contributed by atoms with Gasteiger partial charge in [0.25, 0.3) is 0 Å². The van der Waals surface area contributed by atoms with Gasteiger partial charge in [-0.05, 0) is 163 Å². The minimum Gasteiger partial charge on any atom is -0.393 e. The van der Waals surface area contributed by atoms with Gasteiger partial charge in [-0.15, -0.1) is 93.7 Å². The van der Waals surface area contributed by atoms with Crippen molar-refractivity contribution in [1.29, 1.82) is 0 Å². The Bertz CT molecular complexity index is 4910. The summed E-state index contributed by atoms with van der Waals surface area (Å²) in [6.07, 6.45) is 4.60. The van der Waals surface area contributed by atoms with Crippen molar-refractivity contribution in [3.63, 3.8) is 0 Å². The second-order valence-electron chi connectivity index (χ2n) is 27.3. The van der Waals surface area contributed by atoms with Gasteiger partial charge in [0, 0.05) is 118 Å². The molecule has 6 unspecified atom stereocenters. The number of aliphatic hydroxyl groups excluding tert-OH is 6. The Kier molecular flexibility index (Phi) is 32.7. The third-order valence-electron chi connectivity index (χ3n) is 17.5. The van der Waals surface area contributed by atoms with Gasteiger partial charge in [0.05, 0.1) is 53.7 Å². The third kappa shape index (κ3) is 23.5. The van der Waals surface area contributed by atoms with E-state index < -0.39 is 0 Å². The third-order valence-corrected chi connectivity index (χ3v) is 17.5. The SMILES string of the molecule is CC(O)CC(C)O.CC(O)CC(C)O.CC(O)CC(C)O.Cc1cnc(-c2[c-]cc3cc(-c4cccc5ccccc45)ccc3c2)c(C)n1.Cc1cnc(-c2[c-]cc3cc(-c4ccccc4)ccc3c2)c(C)n1.Cc1cnc(-c2[c-]ccc(-c3ccc4c(c3)C(C)(C)c3ccccc3-4)c2)c(C)n1.[Ir].[Ir].[Ir]. The molecule has 0 amide bonds. The zero-order chi connectivity index (χ0) is 73.4. The van der Waals surface area contributed by atoms with E-state index in [4.69, 9.17) is 30.6 Å². The number of aliphatic hydroxyl groups is 6. The molecule has 6 N–H and O–H groups in total. The summed E-state index contributed by atoms with van der Waals surface area (Å²) in [6.45, 7) is 26.5. The molecule has 1 aliphatic rings. The van der Waals surface area contributed by atoms with E-state index in [1.807, 2.05) is 72.1 Å². The first-order valence-electron chi connectivity index (χ1n) is 34.9. The normalized spacial score (nSPS) is 13.1. The monoisotopic (exact) mass is 1930 g/mol. The number of aromatic nitrogens is 6. The van der Waals surface area contributed by atoms with Crippen molar-refractivity contribution in [3.8, 4) is 78.3 Å². The molecule has 12 nitrogen and oxygen atoms in total. The fourth-order valence-electron chi connectivity index (χ4n) is 12.8. The van der Waals surface area contributed by atoms with Crippen LogP contribution in [0.4, 0.5) is 0 Å². The quantitative estimate of drug-likeness (QED) is 0.0634. The van der Waals surface area contributed by atoms with Crippen molar-refractivity contribution in [3.05, 3.63) is 276 Å². The molecule has 10 aromatic carbocycles. The topological polar surface area (TPSA) is 199 Å². The van der Waals surface area contributed by atoms with Gasteiger partial charge >= 0.3 is 0 Å². The minimum absolute atomic E-state index is 0. The first-order valence-corrected chi connectivity index (χ1v) is 34.9. The number of hydrogen-bond acceptors (Lipinski definition) is 12. The number of benzene rings is 10. The summed E-state index contributed by atoms with van der Waals surface area (Å²) in [7, 11) is 0. The van der Waals surface area contributed by atoms with E-state index >= 15 is 0 Å². The van der Waals surface area contributed by atoms with Gasteiger partial charge in [-0.3, -0.25) is 15.0 Å². The smallest absolute Gasteiger partial charge is 0.0539 e. The molecule has 551 valence electrons. The minimum atomic E-state index is -0.375. The van der Waals surface area contributed by atoms with Crippen molar-refractivity contribution < 1.29 is 91.0 Å². The molecule has 6 atom stereocenters. The Morgan fingerprint density at radius 1 is 0.333 bits per heavy atom. The summed E-state index contributed by atoms with van der Waals surface area (Å²) < 4.78 is 0. The average Bonchev–Trinajstić information content (AvgIpc) is 1.58. The molecule has 0 aliphatic heterocycles. The van der Waals surface area contributed by atoms with Crippen LogP contribution in [0.5, 0.6) is 0 Å². The molecule has 1 aliphatic carbocycles. The predicted octanol–water partition coefficient (Wildman–Crippen LogP) is 18.9. The summed E-state index contributed by atoms with van der Waals surface area (Å²) in [5.41, 5.74) is 24.0. The molecule has 0 fully saturated rings. The van der Waals surface area contributed by atoms with E-state index in [0.717, 1.165) is 67.9 Å². The van der Waals surface area contributed by atoms with E-state index in [9.17, 15) is 0 Å². The Labute approximate surface area is 660 Å². The van der Waals surface area contributed by atoms with Gasteiger partial charge in [0.15, 0.2) is 0 Å². The Morgan fingerprint density at radius 3 is 1.21 bits per heavy atom. The molecular weight excluding hydrogens is 1840 g/mol. The number of nitrogens with zero attached hydrogens (tertiary/aromatic N) is 6. The zero-order valence-corrected chi connectivity index (χ0v) is 69.3. The Morgan fingerprint density at radius 2 is 0.724 bits per heavy atom. The predicted molar refractivity (Wildman–Crippen MR) is 418 cm³/mol. The molecule has 0 spiro atoms. The first kappa shape index (κ1) is 85.9. The van der Waals surface area contributed by atoms with Crippen LogP contribution in [0.15, 0.2) is 213 Å². The zero-order valence-electron chi connectivity index (χ0n) is 62.2. The van der Waals surface area contributed by atoms with E-state index in [-0.39, 0.29) is 102 Å². The van der Waals surface area contributed by atoms with Crippen molar-refractivity contribution in [1.82, 2.24) is 29.9 Å². The van der Waals surface area contributed by atoms with Gasteiger partial charge in [0.2, 0.25) is 0 Å². The maximum atomic E-state index is 8.56. The van der Waals surface area contributed by atoms with Crippen molar-refractivity contribution in [2.24, 2.45) is 0 Å². The standard InChI is InChI=1S/C27H23N2.C26H19N2.C22H17N2.3C5H12O2.3Ir/c1-17-16-28-26(18(2)29-17)21-9-7-8-19(14-21)20-12-13-23-22-10-5-6-11-24(22)27(3,4)25(23)15-20;1-17-16-27-26(18(2)28-17)23-13-11-20-14-22(12-10-21(20)15-23)25-9-5-7-19-6-3-4-8-24(19)25;1-15-14-23-22(16(2)24-15)21-11-10-19-12-18(8-9-20(19)13-21)17-6-4-3-5-7-17;3*1-4(6)3-5(2)7;;;/h5-8,10-16H,1-4H3;3-12,14-16H,1-2H3;3-10,12-14H,1-2H3;3*4-7H,3H2,1-2H3;;;/q3*-1;;;;;;. The van der Waals surface area contributed by atoms with Crippen LogP contribution in [0, 0.1) is 59.7 Å². The van der Waals surface area contributed by atoms with Crippen LogP contribution < -0.4 is 0 Å². The maximum absolute atomic E-state index is 8.56. The van der Waals surface area contributed by atoms with Gasteiger partial charge in [-0.2, -0.15) is 0 Å². The molecular formula is C90H95Ir3N6O6-3. The summed E-state index contributed by atoms with van der Waals surface area (Å²) in [5.74, 6) is 0. The molecule has 13 aromatic rings. The molecule has 3 radical (unpaired) electrons. The number of aryl methyl sites for hydroxylation is 6. The van der Waals surface area contributed by atoms with Crippen molar-refractivity contribution in [2.75, 3.05) is 0 Å². The van der Waals surface area contributed by atoms with E-state index in [1.54, 1.807) is 47.7 Å². The van der Waals surface area contributed by atoms with Gasteiger partial charge in [-0.25, -0.2) is 0 Å². The van der Waals surface area contributed by atoms with Crippen LogP contribution >= 0.6 is 0 Å². The van der Waals surface area contributed by atoms with Gasteiger partial charge in [-0.1, -0.05) is 176 Å². The van der Waals surface area contributed by atoms with Crippen LogP contribution in [-0.4, -0.2) is 97.2 Å². The van der Waals surface area contributed by atoms with E-state index in [1.165, 1.54) is 88.0 Å². The molecule has 3 heterocycles. The van der Waals surface area contributed by atoms with Crippen LogP contribution in [0.25, 0.3) is 111 Å². The number of fused-ring (bicyclic) bond motifs is 6. The second kappa shape index (κ2) is 40.0. The van der Waals surface area contributed by atoms with E-state index in [0.29, 0.717) is 19.3 Å². The molecule has 3 aromatic heterocycles. The van der Waals surface area contributed by atoms with E-state index in [2.05, 4.69) is 238 Å². The van der Waals surface area contributed by atoms with Crippen LogP contribution in [-0.2, 0) is 65.7 Å². The molecule has 0 bridgehead atoms. The molecule has 14 rings (SSSR count). The first-order chi connectivity index (χ1) is 48.7. The molecule has 15 heteroatoms. The summed E-state index contributed by atoms with van der Waals surface area (Å²) in [5, 5.41) is 58.6. The van der Waals surface area contributed by atoms with Gasteiger partial charge in [0.1, 0.15) is 0 Å². The fraction of sp³-hybridized carbons (Fsp3) is 0.267. The Hall–Kier alpha value is -8.07. The molecule has 105 heavy (non-hydrogen) atoms.